The lowest BCUT2D eigenvalue weighted by Crippen LogP contribution is -2.40. The first kappa shape index (κ1) is 16.3. The quantitative estimate of drug-likeness (QED) is 0.678. The smallest absolute Gasteiger partial charge is 0.216 e. The van der Waals surface area contributed by atoms with Crippen LogP contribution in [0.1, 0.15) is 11.3 Å². The first-order chi connectivity index (χ1) is 12.7. The number of H-pyrrole nitrogens is 1. The van der Waals surface area contributed by atoms with Crippen LogP contribution in [0, 0.1) is 12.7 Å². The summed E-state index contributed by atoms with van der Waals surface area (Å²) in [6.07, 6.45) is 1.71. The molecular weight excluding hydrogens is 359 g/mol. The SMILES string of the molecule is Cc1nc(N2C=NN(Cc3ccc(F)cc3)C2C=O)sc1-c1nn[nH]n1. The molecule has 26 heavy (non-hydrogen) atoms. The average Bonchev–Trinajstić information content (AvgIpc) is 3.36. The number of aromatic amines is 1. The molecule has 0 saturated carbocycles. The van der Waals surface area contributed by atoms with Crippen molar-refractivity contribution in [3.05, 3.63) is 41.3 Å². The fourth-order valence-corrected chi connectivity index (χ4v) is 3.57. The number of aromatic nitrogens is 5. The van der Waals surface area contributed by atoms with E-state index in [9.17, 15) is 9.18 Å². The first-order valence-electron chi connectivity index (χ1n) is 7.66. The number of tetrazole rings is 1. The highest BCUT2D eigenvalue weighted by Crippen LogP contribution is 2.34. The van der Waals surface area contributed by atoms with Crippen LogP contribution >= 0.6 is 11.3 Å². The van der Waals surface area contributed by atoms with E-state index in [1.54, 1.807) is 28.4 Å². The predicted molar refractivity (Wildman–Crippen MR) is 92.8 cm³/mol. The van der Waals surface area contributed by atoms with Crippen molar-refractivity contribution in [2.24, 2.45) is 5.10 Å². The molecule has 1 aliphatic heterocycles. The van der Waals surface area contributed by atoms with Crippen LogP contribution in [-0.2, 0) is 11.3 Å². The van der Waals surface area contributed by atoms with Gasteiger partial charge in [-0.1, -0.05) is 23.5 Å². The van der Waals surface area contributed by atoms with E-state index in [2.05, 4.69) is 30.7 Å². The number of thiazole rings is 1. The summed E-state index contributed by atoms with van der Waals surface area (Å²) >= 11 is 1.35. The highest BCUT2D eigenvalue weighted by atomic mass is 32.1. The summed E-state index contributed by atoms with van der Waals surface area (Å²) in [5, 5.41) is 20.4. The minimum Gasteiger partial charge on any atom is -0.299 e. The van der Waals surface area contributed by atoms with Gasteiger partial charge >= 0.3 is 0 Å². The third kappa shape index (κ3) is 2.92. The predicted octanol–water partition coefficient (Wildman–Crippen LogP) is 1.56. The van der Waals surface area contributed by atoms with Crippen molar-refractivity contribution in [3.63, 3.8) is 0 Å². The summed E-state index contributed by atoms with van der Waals surface area (Å²) in [5.41, 5.74) is 1.58. The van der Waals surface area contributed by atoms with E-state index >= 15 is 0 Å². The zero-order valence-electron chi connectivity index (χ0n) is 13.6. The molecule has 1 aliphatic rings. The maximum absolute atomic E-state index is 13.1. The Kier molecular flexibility index (Phi) is 4.13. The van der Waals surface area contributed by atoms with Gasteiger partial charge in [0.25, 0.3) is 0 Å². The van der Waals surface area contributed by atoms with Gasteiger partial charge in [0.05, 0.1) is 12.2 Å². The van der Waals surface area contributed by atoms with Crippen molar-refractivity contribution in [2.45, 2.75) is 19.6 Å². The lowest BCUT2D eigenvalue weighted by Gasteiger charge is -2.24. The van der Waals surface area contributed by atoms with Crippen molar-refractivity contribution in [3.8, 4) is 10.7 Å². The number of hydrogen-bond donors (Lipinski definition) is 1. The van der Waals surface area contributed by atoms with E-state index in [4.69, 9.17) is 0 Å². The van der Waals surface area contributed by atoms with Gasteiger partial charge in [0.1, 0.15) is 17.0 Å². The minimum absolute atomic E-state index is 0.306. The maximum Gasteiger partial charge on any atom is 0.216 e. The lowest BCUT2D eigenvalue weighted by atomic mass is 10.2. The Bertz CT molecular complexity index is 939. The van der Waals surface area contributed by atoms with Crippen LogP contribution in [-0.4, -0.2) is 49.4 Å². The van der Waals surface area contributed by atoms with E-state index in [1.165, 1.54) is 23.5 Å². The molecule has 4 rings (SSSR count). The van der Waals surface area contributed by atoms with Gasteiger partial charge in [0.2, 0.25) is 5.82 Å². The van der Waals surface area contributed by atoms with Gasteiger partial charge in [-0.15, -0.1) is 10.2 Å². The second kappa shape index (κ2) is 6.59. The number of nitrogens with one attached hydrogen (secondary N) is 1. The minimum atomic E-state index is -0.635. The van der Waals surface area contributed by atoms with Gasteiger partial charge in [0.15, 0.2) is 17.6 Å². The number of aryl methyl sites for hydroxylation is 1. The first-order valence-corrected chi connectivity index (χ1v) is 8.47. The Morgan fingerprint density at radius 1 is 1.35 bits per heavy atom. The van der Waals surface area contributed by atoms with Crippen LogP contribution in [0.4, 0.5) is 9.52 Å². The Labute approximate surface area is 151 Å². The van der Waals surface area contributed by atoms with E-state index < -0.39 is 6.17 Å². The Balaban J connectivity index is 1.56. The van der Waals surface area contributed by atoms with Crippen molar-refractivity contribution >= 4 is 29.1 Å². The lowest BCUT2D eigenvalue weighted by molar-refractivity contribution is -0.111. The van der Waals surface area contributed by atoms with Crippen LogP contribution in [0.3, 0.4) is 0 Å². The van der Waals surface area contributed by atoms with Crippen molar-refractivity contribution in [1.82, 2.24) is 30.6 Å². The van der Waals surface area contributed by atoms with Gasteiger partial charge in [-0.25, -0.2) is 9.37 Å². The molecule has 0 aliphatic carbocycles. The van der Waals surface area contributed by atoms with Crippen LogP contribution in [0.15, 0.2) is 29.4 Å². The normalized spacial score (nSPS) is 16.5. The van der Waals surface area contributed by atoms with Gasteiger partial charge < -0.3 is 0 Å². The summed E-state index contributed by atoms with van der Waals surface area (Å²) in [7, 11) is 0. The number of rotatable bonds is 5. The highest BCUT2D eigenvalue weighted by molar-refractivity contribution is 7.19. The fourth-order valence-electron chi connectivity index (χ4n) is 2.57. The fraction of sp³-hybridized carbons (Fsp3) is 0.200. The Morgan fingerprint density at radius 2 is 2.15 bits per heavy atom. The highest BCUT2D eigenvalue weighted by Gasteiger charge is 2.31. The second-order valence-electron chi connectivity index (χ2n) is 5.56. The number of anilines is 1. The molecule has 0 fully saturated rings. The molecule has 1 unspecified atom stereocenters. The number of carbonyl (C=O) groups excluding carboxylic acids is 1. The molecule has 132 valence electrons. The molecule has 1 aromatic carbocycles. The van der Waals surface area contributed by atoms with Crippen LogP contribution < -0.4 is 4.90 Å². The molecule has 0 amide bonds. The summed E-state index contributed by atoms with van der Waals surface area (Å²) in [4.78, 5) is 18.6. The standard InChI is InChI=1S/C15H13FN8OS/c1-9-13(14-19-21-22-20-14)26-15(18-9)23-8-17-24(12(23)7-25)6-10-2-4-11(16)5-3-10/h2-5,7-8,12H,6H2,1H3,(H,19,20,21,22). The number of carbonyl (C=O) groups is 1. The van der Waals surface area contributed by atoms with E-state index in [1.807, 2.05) is 6.92 Å². The molecule has 11 heteroatoms. The van der Waals surface area contributed by atoms with Gasteiger partial charge in [-0.2, -0.15) is 10.3 Å². The molecule has 9 nitrogen and oxygen atoms in total. The van der Waals surface area contributed by atoms with Gasteiger partial charge in [-0.05, 0) is 29.8 Å². The summed E-state index contributed by atoms with van der Waals surface area (Å²) in [6.45, 7) is 2.21. The summed E-state index contributed by atoms with van der Waals surface area (Å²) < 4.78 is 13.1. The molecule has 0 radical (unpaired) electrons. The molecule has 1 atom stereocenters. The largest absolute Gasteiger partial charge is 0.299 e. The third-order valence-corrected chi connectivity index (χ3v) is 5.02. The molecule has 1 N–H and O–H groups in total. The molecule has 0 spiro atoms. The topological polar surface area (TPSA) is 103 Å². The van der Waals surface area contributed by atoms with Crippen molar-refractivity contribution in [1.29, 1.82) is 0 Å². The van der Waals surface area contributed by atoms with Crippen molar-refractivity contribution in [2.75, 3.05) is 4.90 Å². The molecule has 3 heterocycles. The van der Waals surface area contributed by atoms with E-state index in [-0.39, 0.29) is 5.82 Å². The Morgan fingerprint density at radius 3 is 2.85 bits per heavy atom. The maximum atomic E-state index is 13.1. The number of nitrogens with zero attached hydrogens (tertiary/aromatic N) is 7. The van der Waals surface area contributed by atoms with Crippen LogP contribution in [0.2, 0.25) is 0 Å². The average molecular weight is 372 g/mol. The second-order valence-corrected chi connectivity index (χ2v) is 6.54. The zero-order chi connectivity index (χ0) is 18.1. The number of benzene rings is 1. The summed E-state index contributed by atoms with van der Waals surface area (Å²) in [5.74, 6) is 0.146. The molecule has 0 bridgehead atoms. The third-order valence-electron chi connectivity index (χ3n) is 3.85. The number of hydrogen-bond acceptors (Lipinski definition) is 9. The molecule has 2 aromatic heterocycles. The van der Waals surface area contributed by atoms with Gasteiger partial charge in [-0.3, -0.25) is 14.7 Å². The van der Waals surface area contributed by atoms with Gasteiger partial charge in [0, 0.05) is 0 Å². The number of aldehydes is 1. The van der Waals surface area contributed by atoms with E-state index in [0.717, 1.165) is 22.4 Å². The molecule has 0 saturated heterocycles. The van der Waals surface area contributed by atoms with Crippen LogP contribution in [0.5, 0.6) is 0 Å². The van der Waals surface area contributed by atoms with Crippen LogP contribution in [0.25, 0.3) is 10.7 Å². The Hall–Kier alpha value is -3.21. The monoisotopic (exact) mass is 372 g/mol. The summed E-state index contributed by atoms with van der Waals surface area (Å²) in [6, 6.07) is 6.09. The number of hydrazone groups is 1. The zero-order valence-corrected chi connectivity index (χ0v) is 14.4. The van der Waals surface area contributed by atoms with Crippen molar-refractivity contribution < 1.29 is 9.18 Å². The molecular formula is C15H13FN8OS. The molecule has 3 aromatic rings. The van der Waals surface area contributed by atoms with E-state index in [0.29, 0.717) is 17.5 Å². The number of halogens is 1.